The van der Waals surface area contributed by atoms with Gasteiger partial charge in [-0.15, -0.1) is 0 Å². The Hall–Kier alpha value is -6.17. The van der Waals surface area contributed by atoms with Gasteiger partial charge in [-0.3, -0.25) is 5.41 Å². The number of ether oxygens (including phenoxy) is 3. The predicted molar refractivity (Wildman–Crippen MR) is 179 cm³/mol. The zero-order chi connectivity index (χ0) is 34.8. The molecule has 0 unspecified atom stereocenters. The SMILES string of the molecule is N=C(N)N(CCC[C@@H](C(=O)O)N(C(=O)OCc1ccccc1)C(=O)OCc1cccc2c1Cc1ccccc1-2)C(=O)OCc1ccccc1. The van der Waals surface area contributed by atoms with Gasteiger partial charge in [0.25, 0.3) is 0 Å². The molecule has 252 valence electrons. The number of imide groups is 1. The number of nitrogens with two attached hydrogens (primary N) is 1. The first kappa shape index (κ1) is 34.2. The maximum atomic E-state index is 13.6. The molecule has 0 bridgehead atoms. The van der Waals surface area contributed by atoms with E-state index >= 15 is 0 Å². The summed E-state index contributed by atoms with van der Waals surface area (Å²) in [6.45, 7) is -0.710. The third-order valence-corrected chi connectivity index (χ3v) is 8.07. The van der Waals surface area contributed by atoms with Gasteiger partial charge in [-0.25, -0.2) is 24.1 Å². The number of benzene rings is 4. The summed E-state index contributed by atoms with van der Waals surface area (Å²) in [6, 6.07) is 29.5. The van der Waals surface area contributed by atoms with Crippen molar-refractivity contribution in [2.75, 3.05) is 6.54 Å². The van der Waals surface area contributed by atoms with Crippen LogP contribution in [0.25, 0.3) is 11.1 Å². The summed E-state index contributed by atoms with van der Waals surface area (Å²) in [5.74, 6) is -2.10. The molecule has 4 N–H and O–H groups in total. The molecule has 3 amide bonds. The van der Waals surface area contributed by atoms with E-state index in [1.54, 1.807) is 54.6 Å². The van der Waals surface area contributed by atoms with E-state index in [0.29, 0.717) is 16.9 Å². The molecule has 0 aromatic heterocycles. The Morgan fingerprint density at radius 1 is 0.714 bits per heavy atom. The Morgan fingerprint density at radius 2 is 1.27 bits per heavy atom. The lowest BCUT2D eigenvalue weighted by Gasteiger charge is -2.27. The second-order valence-corrected chi connectivity index (χ2v) is 11.3. The highest BCUT2D eigenvalue weighted by Gasteiger charge is 2.38. The van der Waals surface area contributed by atoms with Crippen molar-refractivity contribution in [3.8, 4) is 11.1 Å². The molecule has 12 nitrogen and oxygen atoms in total. The van der Waals surface area contributed by atoms with Gasteiger partial charge in [0.15, 0.2) is 5.96 Å². The number of carboxylic acid groups (broad SMARTS) is 1. The van der Waals surface area contributed by atoms with Crippen molar-refractivity contribution in [1.82, 2.24) is 9.80 Å². The topological polar surface area (TPSA) is 173 Å². The number of rotatable bonds is 12. The first-order valence-corrected chi connectivity index (χ1v) is 15.6. The molecule has 4 aromatic carbocycles. The number of hydrogen-bond donors (Lipinski definition) is 3. The highest BCUT2D eigenvalue weighted by molar-refractivity contribution is 5.93. The maximum Gasteiger partial charge on any atom is 0.420 e. The molecule has 0 saturated heterocycles. The number of fused-ring (bicyclic) bond motifs is 3. The summed E-state index contributed by atoms with van der Waals surface area (Å²) in [6.07, 6.45) is -3.06. The Bertz CT molecular complexity index is 1820. The minimum absolute atomic E-state index is 0.0647. The Kier molecular flexibility index (Phi) is 11.2. The van der Waals surface area contributed by atoms with Crippen LogP contribution in [0.5, 0.6) is 0 Å². The summed E-state index contributed by atoms with van der Waals surface area (Å²) in [5.41, 5.74) is 11.9. The third-order valence-electron chi connectivity index (χ3n) is 8.07. The maximum absolute atomic E-state index is 13.6. The highest BCUT2D eigenvalue weighted by atomic mass is 16.6. The van der Waals surface area contributed by atoms with Crippen LogP contribution in [0.1, 0.15) is 40.7 Å². The third kappa shape index (κ3) is 8.60. The van der Waals surface area contributed by atoms with Gasteiger partial charge in [-0.1, -0.05) is 103 Å². The highest BCUT2D eigenvalue weighted by Crippen LogP contribution is 2.38. The molecule has 49 heavy (non-hydrogen) atoms. The standard InChI is InChI=1S/C37H36N4O8/c38-34(39)40(35(44)47-22-25-11-3-1-4-12-25)20-10-19-32(33(42)43)41(36(45)48-23-26-13-5-2-6-14-26)37(46)49-24-28-16-9-18-30-29-17-8-7-15-27(29)21-31(28)30/h1-9,11-18,32H,10,19-24H2,(H3,38,39)(H,42,43)/t32-/m0/s1. The fourth-order valence-corrected chi connectivity index (χ4v) is 5.60. The number of carbonyl (C=O) groups is 4. The zero-order valence-electron chi connectivity index (χ0n) is 26.6. The van der Waals surface area contributed by atoms with Crippen LogP contribution < -0.4 is 5.73 Å². The van der Waals surface area contributed by atoms with Crippen LogP contribution in [0.3, 0.4) is 0 Å². The summed E-state index contributed by atoms with van der Waals surface area (Å²) in [4.78, 5) is 53.5. The van der Waals surface area contributed by atoms with Crippen molar-refractivity contribution in [3.05, 3.63) is 131 Å². The molecule has 1 aliphatic rings. The number of hydrogen-bond acceptors (Lipinski definition) is 8. The van der Waals surface area contributed by atoms with Gasteiger partial charge < -0.3 is 25.1 Å². The molecule has 0 saturated carbocycles. The number of carbonyl (C=O) groups excluding carboxylic acids is 3. The van der Waals surface area contributed by atoms with Crippen LogP contribution in [-0.4, -0.2) is 57.7 Å². The molecule has 5 rings (SSSR count). The van der Waals surface area contributed by atoms with E-state index in [9.17, 15) is 24.3 Å². The predicted octanol–water partition coefficient (Wildman–Crippen LogP) is 6.30. The van der Waals surface area contributed by atoms with Gasteiger partial charge in [0.05, 0.1) is 0 Å². The number of carboxylic acids is 1. The van der Waals surface area contributed by atoms with Crippen molar-refractivity contribution in [2.24, 2.45) is 5.73 Å². The number of amides is 3. The van der Waals surface area contributed by atoms with Crippen molar-refractivity contribution < 1.29 is 38.5 Å². The lowest BCUT2D eigenvalue weighted by Crippen LogP contribution is -2.49. The van der Waals surface area contributed by atoms with Gasteiger partial charge in [0, 0.05) is 6.54 Å². The van der Waals surface area contributed by atoms with E-state index < -0.39 is 36.3 Å². The summed E-state index contributed by atoms with van der Waals surface area (Å²) >= 11 is 0. The molecule has 4 aromatic rings. The van der Waals surface area contributed by atoms with E-state index in [1.165, 1.54) is 0 Å². The molecule has 0 fully saturated rings. The molecule has 0 aliphatic heterocycles. The van der Waals surface area contributed by atoms with Crippen LogP contribution >= 0.6 is 0 Å². The monoisotopic (exact) mass is 664 g/mol. The van der Waals surface area contributed by atoms with Crippen LogP contribution in [0.15, 0.2) is 103 Å². The summed E-state index contributed by atoms with van der Waals surface area (Å²) < 4.78 is 16.2. The van der Waals surface area contributed by atoms with Crippen molar-refractivity contribution in [2.45, 2.75) is 45.1 Å². The van der Waals surface area contributed by atoms with Crippen molar-refractivity contribution in [1.29, 1.82) is 5.41 Å². The first-order valence-electron chi connectivity index (χ1n) is 15.6. The van der Waals surface area contributed by atoms with Crippen LogP contribution in [-0.2, 0) is 45.2 Å². The minimum Gasteiger partial charge on any atom is -0.480 e. The van der Waals surface area contributed by atoms with Crippen LogP contribution in [0.4, 0.5) is 14.4 Å². The van der Waals surface area contributed by atoms with Gasteiger partial charge in [0.1, 0.15) is 25.9 Å². The van der Waals surface area contributed by atoms with E-state index in [2.05, 4.69) is 0 Å². The molecular weight excluding hydrogens is 628 g/mol. The number of nitrogens with zero attached hydrogens (tertiary/aromatic N) is 2. The summed E-state index contributed by atoms with van der Waals surface area (Å²) in [7, 11) is 0. The fourth-order valence-electron chi connectivity index (χ4n) is 5.60. The normalized spacial score (nSPS) is 11.8. The lowest BCUT2D eigenvalue weighted by atomic mass is 10.0. The molecule has 1 aliphatic carbocycles. The fraction of sp³-hybridized carbons (Fsp3) is 0.216. The first-order chi connectivity index (χ1) is 23.7. The zero-order valence-corrected chi connectivity index (χ0v) is 26.6. The number of aliphatic carboxylic acids is 1. The van der Waals surface area contributed by atoms with E-state index in [4.69, 9.17) is 25.4 Å². The van der Waals surface area contributed by atoms with E-state index in [1.807, 2.05) is 48.5 Å². The Morgan fingerprint density at radius 3 is 1.88 bits per heavy atom. The largest absolute Gasteiger partial charge is 0.480 e. The number of nitrogens with one attached hydrogen (secondary N) is 1. The van der Waals surface area contributed by atoms with Crippen molar-refractivity contribution in [3.63, 3.8) is 0 Å². The number of guanidine groups is 1. The van der Waals surface area contributed by atoms with E-state index in [0.717, 1.165) is 38.3 Å². The van der Waals surface area contributed by atoms with Gasteiger partial charge >= 0.3 is 24.2 Å². The molecule has 0 spiro atoms. The van der Waals surface area contributed by atoms with Crippen LogP contribution in [0.2, 0.25) is 0 Å². The smallest absolute Gasteiger partial charge is 0.420 e. The molecule has 0 heterocycles. The van der Waals surface area contributed by atoms with Crippen molar-refractivity contribution >= 4 is 30.2 Å². The quantitative estimate of drug-likeness (QED) is 0.0786. The Balaban J connectivity index is 1.29. The molecule has 1 atom stereocenters. The van der Waals surface area contributed by atoms with Gasteiger partial charge in [0.2, 0.25) is 0 Å². The lowest BCUT2D eigenvalue weighted by molar-refractivity contribution is -0.142. The average molecular weight is 665 g/mol. The minimum atomic E-state index is -1.73. The van der Waals surface area contributed by atoms with Gasteiger partial charge in [-0.2, -0.15) is 4.90 Å². The van der Waals surface area contributed by atoms with Crippen LogP contribution in [0, 0.1) is 5.41 Å². The summed E-state index contributed by atoms with van der Waals surface area (Å²) in [5, 5.41) is 18.1. The average Bonchev–Trinajstić information content (AvgIpc) is 3.50. The second-order valence-electron chi connectivity index (χ2n) is 11.3. The molecule has 12 heteroatoms. The Labute approximate surface area is 283 Å². The molecular formula is C37H36N4O8. The second kappa shape index (κ2) is 16.1. The van der Waals surface area contributed by atoms with E-state index in [-0.39, 0.29) is 39.2 Å². The van der Waals surface area contributed by atoms with Gasteiger partial charge in [-0.05, 0) is 58.2 Å². The molecule has 0 radical (unpaired) electrons.